The number of ether oxygens (including phenoxy) is 1. The van der Waals surface area contributed by atoms with Gasteiger partial charge in [0.2, 0.25) is 0 Å². The molecule has 0 aromatic heterocycles. The first kappa shape index (κ1) is 25.8. The van der Waals surface area contributed by atoms with Gasteiger partial charge in [0, 0.05) is 5.56 Å². The fourth-order valence-corrected chi connectivity index (χ4v) is 5.32. The number of rotatable bonds is 12. The van der Waals surface area contributed by atoms with E-state index in [0.717, 1.165) is 54.2 Å². The van der Waals surface area contributed by atoms with Crippen molar-refractivity contribution >= 4 is 0 Å². The Morgan fingerprint density at radius 2 is 1.44 bits per heavy atom. The van der Waals surface area contributed by atoms with Crippen molar-refractivity contribution in [2.75, 3.05) is 6.61 Å². The van der Waals surface area contributed by atoms with E-state index in [1.165, 1.54) is 57.8 Å². The van der Waals surface area contributed by atoms with Crippen LogP contribution < -0.4 is 4.74 Å². The van der Waals surface area contributed by atoms with Crippen molar-refractivity contribution in [1.82, 2.24) is 0 Å². The van der Waals surface area contributed by atoms with Gasteiger partial charge in [0.05, 0.1) is 17.7 Å². The van der Waals surface area contributed by atoms with Crippen molar-refractivity contribution in [2.24, 2.45) is 5.92 Å². The van der Waals surface area contributed by atoms with Crippen molar-refractivity contribution in [3.05, 3.63) is 53.1 Å². The van der Waals surface area contributed by atoms with E-state index in [1.54, 1.807) is 0 Å². The Hall–Kier alpha value is -2.78. The Morgan fingerprint density at radius 1 is 0.765 bits per heavy atom. The molecule has 180 valence electrons. The Balaban J connectivity index is 1.69. The molecule has 3 rings (SSSR count). The molecule has 0 bridgehead atoms. The lowest BCUT2D eigenvalue weighted by molar-refractivity contribution is 0.304. The van der Waals surface area contributed by atoms with Gasteiger partial charge in [-0.05, 0) is 67.2 Å². The monoisotopic (exact) mass is 456 g/mol. The maximum Gasteiger partial charge on any atom is 0.119 e. The maximum atomic E-state index is 10.00. The molecule has 0 spiro atoms. The number of unbranched alkanes of at least 4 members (excludes halogenated alkanes) is 5. The van der Waals surface area contributed by atoms with Crippen LogP contribution in [-0.4, -0.2) is 6.61 Å². The van der Waals surface area contributed by atoms with Crippen LogP contribution in [0.1, 0.15) is 114 Å². The molecule has 0 amide bonds. The van der Waals surface area contributed by atoms with Gasteiger partial charge in [-0.3, -0.25) is 0 Å². The normalized spacial score (nSPS) is 17.6. The highest BCUT2D eigenvalue weighted by molar-refractivity contribution is 5.75. The van der Waals surface area contributed by atoms with Gasteiger partial charge in [-0.1, -0.05) is 83.1 Å². The quantitative estimate of drug-likeness (QED) is 0.300. The molecule has 3 nitrogen and oxygen atoms in total. The summed E-state index contributed by atoms with van der Waals surface area (Å²) in [5, 5.41) is 20.0. The Morgan fingerprint density at radius 3 is 2.09 bits per heavy atom. The summed E-state index contributed by atoms with van der Waals surface area (Å²) in [5.41, 5.74) is 3.95. The summed E-state index contributed by atoms with van der Waals surface area (Å²) >= 11 is 0. The molecule has 1 saturated carbocycles. The summed E-state index contributed by atoms with van der Waals surface area (Å²) in [5.74, 6) is 2.07. The van der Waals surface area contributed by atoms with Gasteiger partial charge in [-0.15, -0.1) is 0 Å². The van der Waals surface area contributed by atoms with Crippen LogP contribution in [0.4, 0.5) is 0 Å². The predicted octanol–water partition coefficient (Wildman–Crippen LogP) is 8.91. The highest BCUT2D eigenvalue weighted by Crippen LogP contribution is 2.41. The van der Waals surface area contributed by atoms with Gasteiger partial charge in [0.1, 0.15) is 17.9 Å². The van der Waals surface area contributed by atoms with Gasteiger partial charge < -0.3 is 4.74 Å². The highest BCUT2D eigenvalue weighted by Gasteiger charge is 2.26. The molecule has 0 N–H and O–H groups in total. The molecule has 0 aliphatic heterocycles. The molecular formula is C31H40N2O. The van der Waals surface area contributed by atoms with E-state index in [4.69, 9.17) is 4.74 Å². The summed E-state index contributed by atoms with van der Waals surface area (Å²) in [6.45, 7) is 5.22. The van der Waals surface area contributed by atoms with Crippen molar-refractivity contribution in [3.63, 3.8) is 0 Å². The zero-order chi connectivity index (χ0) is 24.2. The summed E-state index contributed by atoms with van der Waals surface area (Å²) in [6.07, 6.45) is 14.7. The largest absolute Gasteiger partial charge is 0.494 e. The molecule has 2 aromatic carbocycles. The van der Waals surface area contributed by atoms with Gasteiger partial charge in [0.15, 0.2) is 0 Å². The summed E-state index contributed by atoms with van der Waals surface area (Å²) in [4.78, 5) is 0. The van der Waals surface area contributed by atoms with Crippen LogP contribution in [0.25, 0.3) is 11.1 Å². The standard InChI is InChI=1S/C31H40N2O/c1-3-5-7-8-9-21-34-27-17-15-26(16-18-27)29-20-19-28(30(22-32)31(29)23-33)25-13-11-24(12-14-25)10-6-4-2/h15-20,24-25H,3-14,21H2,1-2H3. The minimum Gasteiger partial charge on any atom is -0.494 e. The first-order valence-electron chi connectivity index (χ1n) is 13.4. The molecule has 0 radical (unpaired) electrons. The number of hydrogen-bond donors (Lipinski definition) is 0. The molecule has 0 atom stereocenters. The number of nitriles is 2. The zero-order valence-electron chi connectivity index (χ0n) is 21.1. The van der Waals surface area contributed by atoms with E-state index in [9.17, 15) is 10.5 Å². The van der Waals surface area contributed by atoms with Gasteiger partial charge >= 0.3 is 0 Å². The summed E-state index contributed by atoms with van der Waals surface area (Å²) < 4.78 is 5.89. The van der Waals surface area contributed by atoms with E-state index in [2.05, 4.69) is 32.1 Å². The molecule has 0 unspecified atom stereocenters. The van der Waals surface area contributed by atoms with Crippen LogP contribution in [-0.2, 0) is 0 Å². The SMILES string of the molecule is CCCCCCCOc1ccc(-c2ccc(C3CCC(CCCC)CC3)c(C#N)c2C#N)cc1. The van der Waals surface area contributed by atoms with Crippen LogP contribution in [0.3, 0.4) is 0 Å². The van der Waals surface area contributed by atoms with Gasteiger partial charge in [-0.25, -0.2) is 0 Å². The lowest BCUT2D eigenvalue weighted by atomic mass is 9.75. The minimum absolute atomic E-state index is 0.391. The lowest BCUT2D eigenvalue weighted by Gasteiger charge is -2.29. The summed E-state index contributed by atoms with van der Waals surface area (Å²) in [6, 6.07) is 16.8. The van der Waals surface area contributed by atoms with Crippen LogP contribution in [0.2, 0.25) is 0 Å². The van der Waals surface area contributed by atoms with Crippen LogP contribution in [0.5, 0.6) is 5.75 Å². The molecule has 3 heteroatoms. The van der Waals surface area contributed by atoms with Crippen molar-refractivity contribution < 1.29 is 4.74 Å². The maximum absolute atomic E-state index is 10.00. The third kappa shape index (κ3) is 6.87. The fourth-order valence-electron chi connectivity index (χ4n) is 5.32. The first-order valence-corrected chi connectivity index (χ1v) is 13.4. The lowest BCUT2D eigenvalue weighted by Crippen LogP contribution is -2.15. The van der Waals surface area contributed by atoms with Crippen LogP contribution in [0, 0.1) is 28.6 Å². The number of hydrogen-bond acceptors (Lipinski definition) is 3. The highest BCUT2D eigenvalue weighted by atomic mass is 16.5. The van der Waals surface area contributed by atoms with E-state index in [-0.39, 0.29) is 0 Å². The zero-order valence-corrected chi connectivity index (χ0v) is 21.1. The molecule has 1 aliphatic carbocycles. The third-order valence-electron chi connectivity index (χ3n) is 7.40. The minimum atomic E-state index is 0.391. The van der Waals surface area contributed by atoms with Crippen molar-refractivity contribution in [2.45, 2.75) is 96.8 Å². The fraction of sp³-hybridized carbons (Fsp3) is 0.548. The predicted molar refractivity (Wildman–Crippen MR) is 140 cm³/mol. The van der Waals surface area contributed by atoms with E-state index < -0.39 is 0 Å². The smallest absolute Gasteiger partial charge is 0.119 e. The van der Waals surface area contributed by atoms with Crippen LogP contribution in [0.15, 0.2) is 36.4 Å². The van der Waals surface area contributed by atoms with E-state index in [1.807, 2.05) is 30.3 Å². The van der Waals surface area contributed by atoms with Gasteiger partial charge in [0.25, 0.3) is 0 Å². The molecule has 1 aliphatic rings. The molecule has 1 fully saturated rings. The molecule has 34 heavy (non-hydrogen) atoms. The van der Waals surface area contributed by atoms with Crippen molar-refractivity contribution in [3.8, 4) is 29.0 Å². The Bertz CT molecular complexity index is 972. The summed E-state index contributed by atoms with van der Waals surface area (Å²) in [7, 11) is 0. The molecule has 0 saturated heterocycles. The van der Waals surface area contributed by atoms with E-state index in [0.29, 0.717) is 17.0 Å². The first-order chi connectivity index (χ1) is 16.7. The third-order valence-corrected chi connectivity index (χ3v) is 7.40. The van der Waals surface area contributed by atoms with Gasteiger partial charge in [-0.2, -0.15) is 10.5 Å². The van der Waals surface area contributed by atoms with E-state index >= 15 is 0 Å². The average Bonchev–Trinajstić information content (AvgIpc) is 2.89. The molecule has 2 aromatic rings. The van der Waals surface area contributed by atoms with Crippen LogP contribution >= 0.6 is 0 Å². The Labute approximate surface area is 206 Å². The second-order valence-electron chi connectivity index (χ2n) is 9.82. The number of nitrogens with zero attached hydrogens (tertiary/aromatic N) is 2. The Kier molecular flexibility index (Phi) is 10.5. The van der Waals surface area contributed by atoms with Crippen molar-refractivity contribution in [1.29, 1.82) is 10.5 Å². The molecule has 0 heterocycles. The number of benzene rings is 2. The topological polar surface area (TPSA) is 56.8 Å². The average molecular weight is 457 g/mol. The molecular weight excluding hydrogens is 416 g/mol. The second kappa shape index (κ2) is 13.8. The second-order valence-corrected chi connectivity index (χ2v) is 9.82.